The first-order chi connectivity index (χ1) is 14.6. The first kappa shape index (κ1) is 19.8. The maximum absolute atomic E-state index is 6.46. The lowest BCUT2D eigenvalue weighted by atomic mass is 9.89. The van der Waals surface area contributed by atoms with Crippen LogP contribution in [0.2, 0.25) is 0 Å². The largest absolute Gasteiger partial charge is 0.456 e. The normalized spacial score (nSPS) is 15.5. The fraction of sp³-hybridized carbons (Fsp3) is 0.385. The minimum absolute atomic E-state index is 0.407. The Kier molecular flexibility index (Phi) is 5.40. The number of fused-ring (bicyclic) bond motifs is 6. The Morgan fingerprint density at radius 2 is 1.73 bits per heavy atom. The maximum Gasteiger partial charge on any atom is 0.136 e. The van der Waals surface area contributed by atoms with Gasteiger partial charge in [-0.05, 0) is 82.1 Å². The van der Waals surface area contributed by atoms with Crippen LogP contribution in [0.25, 0.3) is 21.6 Å². The molecule has 0 radical (unpaired) electrons. The highest BCUT2D eigenvalue weighted by atomic mass is 32.1. The van der Waals surface area contributed by atoms with Crippen molar-refractivity contribution in [2.75, 3.05) is 20.7 Å². The Morgan fingerprint density at radius 3 is 2.53 bits per heavy atom. The summed E-state index contributed by atoms with van der Waals surface area (Å²) in [6.07, 6.45) is 4.90. The number of hydrogen-bond donors (Lipinski definition) is 0. The lowest BCUT2D eigenvalue weighted by Gasteiger charge is -2.19. The van der Waals surface area contributed by atoms with Gasteiger partial charge in [0, 0.05) is 32.5 Å². The topological polar surface area (TPSA) is 21.7 Å². The van der Waals surface area contributed by atoms with Crippen LogP contribution in [0.5, 0.6) is 11.5 Å². The number of hydrogen-bond acceptors (Lipinski definition) is 4. The van der Waals surface area contributed by atoms with Gasteiger partial charge in [0.15, 0.2) is 0 Å². The van der Waals surface area contributed by atoms with E-state index in [1.807, 2.05) is 11.3 Å². The van der Waals surface area contributed by atoms with Gasteiger partial charge in [-0.15, -0.1) is 11.3 Å². The van der Waals surface area contributed by atoms with Crippen molar-refractivity contribution in [2.24, 2.45) is 0 Å². The zero-order valence-electron chi connectivity index (χ0n) is 18.0. The van der Waals surface area contributed by atoms with E-state index < -0.39 is 0 Å². The molecule has 1 unspecified atom stereocenters. The molecule has 1 aliphatic carbocycles. The molecular weight excluding hydrogens is 390 g/mol. The summed E-state index contributed by atoms with van der Waals surface area (Å²) in [6.45, 7) is 3.58. The Hall–Kier alpha value is -2.14. The van der Waals surface area contributed by atoms with Gasteiger partial charge in [0.2, 0.25) is 0 Å². The summed E-state index contributed by atoms with van der Waals surface area (Å²) >= 11 is 1.85. The summed E-state index contributed by atoms with van der Waals surface area (Å²) in [5, 5.41) is 0. The third kappa shape index (κ3) is 3.68. The molecule has 3 aromatic rings. The molecule has 30 heavy (non-hydrogen) atoms. The molecule has 1 aliphatic heterocycles. The first-order valence-corrected chi connectivity index (χ1v) is 11.7. The van der Waals surface area contributed by atoms with Crippen molar-refractivity contribution >= 4 is 11.3 Å². The molecule has 1 aromatic heterocycles. The minimum Gasteiger partial charge on any atom is -0.456 e. The summed E-state index contributed by atoms with van der Waals surface area (Å²) in [7, 11) is 4.19. The molecule has 0 spiro atoms. The van der Waals surface area contributed by atoms with Crippen LogP contribution in [-0.4, -0.2) is 31.6 Å². The molecular formula is C26H29NO2S. The fourth-order valence-corrected chi connectivity index (χ4v) is 5.44. The molecule has 4 heteroatoms. The number of ether oxygens (including phenoxy) is 2. The molecule has 0 saturated carbocycles. The summed E-state index contributed by atoms with van der Waals surface area (Å²) in [6, 6.07) is 15.8. The number of para-hydroxylation sites is 1. The molecule has 5 rings (SSSR count). The van der Waals surface area contributed by atoms with Gasteiger partial charge in [-0.3, -0.25) is 0 Å². The number of nitrogens with zero attached hydrogens (tertiary/aromatic N) is 1. The van der Waals surface area contributed by atoms with E-state index in [4.69, 9.17) is 9.47 Å². The molecule has 0 amide bonds. The monoisotopic (exact) mass is 419 g/mol. The van der Waals surface area contributed by atoms with Gasteiger partial charge >= 0.3 is 0 Å². The van der Waals surface area contributed by atoms with Crippen molar-refractivity contribution in [3.8, 4) is 33.1 Å². The minimum atomic E-state index is 0.407. The molecule has 1 atom stereocenters. The van der Waals surface area contributed by atoms with Crippen LogP contribution in [0.15, 0.2) is 42.5 Å². The van der Waals surface area contributed by atoms with Gasteiger partial charge in [0.25, 0.3) is 0 Å². The number of aryl methyl sites for hydroxylation is 2. The molecule has 156 valence electrons. The molecule has 2 aliphatic rings. The van der Waals surface area contributed by atoms with E-state index in [-0.39, 0.29) is 0 Å². The molecule has 2 aromatic carbocycles. The predicted molar refractivity (Wildman–Crippen MR) is 125 cm³/mol. The van der Waals surface area contributed by atoms with Crippen LogP contribution in [0.1, 0.15) is 35.8 Å². The summed E-state index contributed by atoms with van der Waals surface area (Å²) in [5.41, 5.74) is 6.63. The molecule has 0 bridgehead atoms. The summed E-state index contributed by atoms with van der Waals surface area (Å²) in [4.78, 5) is 4.77. The lowest BCUT2D eigenvalue weighted by molar-refractivity contribution is 0.0765. The van der Waals surface area contributed by atoms with Gasteiger partial charge in [-0.25, -0.2) is 0 Å². The molecule has 0 N–H and O–H groups in total. The molecule has 0 fully saturated rings. The highest BCUT2D eigenvalue weighted by Crippen LogP contribution is 2.51. The van der Waals surface area contributed by atoms with Crippen LogP contribution in [0.3, 0.4) is 0 Å². The smallest absolute Gasteiger partial charge is 0.136 e. The second kappa shape index (κ2) is 8.18. The van der Waals surface area contributed by atoms with Gasteiger partial charge in [0.1, 0.15) is 11.5 Å². The second-order valence-corrected chi connectivity index (χ2v) is 9.84. The Morgan fingerprint density at radius 1 is 0.967 bits per heavy atom. The van der Waals surface area contributed by atoms with Crippen molar-refractivity contribution in [1.82, 2.24) is 4.90 Å². The number of rotatable bonds is 5. The van der Waals surface area contributed by atoms with Crippen LogP contribution in [-0.2, 0) is 24.2 Å². The van der Waals surface area contributed by atoms with E-state index in [1.165, 1.54) is 56.8 Å². The average molecular weight is 420 g/mol. The third-order valence-corrected chi connectivity index (χ3v) is 7.50. The summed E-state index contributed by atoms with van der Waals surface area (Å²) < 4.78 is 12.5. The van der Waals surface area contributed by atoms with E-state index in [2.05, 4.69) is 68.4 Å². The zero-order valence-corrected chi connectivity index (χ0v) is 18.8. The Labute approximate surface area is 183 Å². The van der Waals surface area contributed by atoms with Gasteiger partial charge in [-0.2, -0.15) is 0 Å². The van der Waals surface area contributed by atoms with E-state index in [9.17, 15) is 0 Å². The molecule has 3 nitrogen and oxygen atoms in total. The molecule has 2 heterocycles. The van der Waals surface area contributed by atoms with Crippen molar-refractivity contribution in [1.29, 1.82) is 0 Å². The van der Waals surface area contributed by atoms with Gasteiger partial charge in [0.05, 0.1) is 13.2 Å². The van der Waals surface area contributed by atoms with Crippen LogP contribution in [0, 0.1) is 0 Å². The Balaban J connectivity index is 1.55. The highest BCUT2D eigenvalue weighted by molar-refractivity contribution is 7.16. The average Bonchev–Trinajstić information content (AvgIpc) is 3.12. The first-order valence-electron chi connectivity index (χ1n) is 10.9. The van der Waals surface area contributed by atoms with Crippen molar-refractivity contribution < 1.29 is 9.47 Å². The van der Waals surface area contributed by atoms with Crippen molar-refractivity contribution in [3.05, 3.63) is 58.5 Å². The van der Waals surface area contributed by atoms with Crippen LogP contribution in [0.4, 0.5) is 0 Å². The standard InChI is InChI=1S/C26H29NO2S/c1-17(27(2)3)15-28-16-20-14-22-21-10-6-7-11-24(21)29-25-13-19-9-5-4-8-18(19)12-23(25)26(22)30-20/h6-7,10-14,17H,4-5,8-9,15-16H2,1-3H3. The number of thiophene rings is 1. The lowest BCUT2D eigenvalue weighted by Crippen LogP contribution is -2.29. The molecule has 0 saturated heterocycles. The SMILES string of the molecule is CC(COCc1cc2c(s1)-c1cc3c(cc1Oc1ccccc1-2)CCCC3)N(C)C. The van der Waals surface area contributed by atoms with Crippen molar-refractivity contribution in [2.45, 2.75) is 45.3 Å². The highest BCUT2D eigenvalue weighted by Gasteiger charge is 2.25. The van der Waals surface area contributed by atoms with Gasteiger partial charge < -0.3 is 14.4 Å². The van der Waals surface area contributed by atoms with Gasteiger partial charge in [-0.1, -0.05) is 18.2 Å². The van der Waals surface area contributed by atoms with Crippen molar-refractivity contribution in [3.63, 3.8) is 0 Å². The maximum atomic E-state index is 6.46. The van der Waals surface area contributed by atoms with E-state index in [1.54, 1.807) is 0 Å². The number of benzene rings is 2. The van der Waals surface area contributed by atoms with E-state index in [0.717, 1.165) is 24.5 Å². The zero-order chi connectivity index (χ0) is 20.7. The van der Waals surface area contributed by atoms with Crippen LogP contribution >= 0.6 is 11.3 Å². The van der Waals surface area contributed by atoms with Crippen LogP contribution < -0.4 is 4.74 Å². The Bertz CT molecular complexity index is 1070. The second-order valence-electron chi connectivity index (χ2n) is 8.71. The fourth-order valence-electron chi connectivity index (χ4n) is 4.31. The third-order valence-electron chi connectivity index (χ3n) is 6.35. The van der Waals surface area contributed by atoms with E-state index >= 15 is 0 Å². The van der Waals surface area contributed by atoms with E-state index in [0.29, 0.717) is 12.6 Å². The summed E-state index contributed by atoms with van der Waals surface area (Å²) in [5.74, 6) is 1.94. The predicted octanol–water partition coefficient (Wildman–Crippen LogP) is 6.53. The number of likely N-dealkylation sites (N-methyl/N-ethyl adjacent to an activating group) is 1. The quantitative estimate of drug-likeness (QED) is 0.367.